The normalized spacial score (nSPS) is 42.8. The van der Waals surface area contributed by atoms with E-state index in [1.807, 2.05) is 0 Å². The molecule has 1 fully saturated rings. The number of alkyl halides is 2. The first kappa shape index (κ1) is 10.7. The van der Waals surface area contributed by atoms with Gasteiger partial charge >= 0.3 is 94.7 Å². The van der Waals surface area contributed by atoms with Crippen LogP contribution in [-0.2, 0) is 4.74 Å². The molecule has 3 atom stereocenters. The van der Waals surface area contributed by atoms with Gasteiger partial charge in [-0.15, -0.1) is 0 Å². The van der Waals surface area contributed by atoms with Gasteiger partial charge in [-0.05, 0) is 0 Å². The van der Waals surface area contributed by atoms with Crippen LogP contribution in [0.5, 0.6) is 0 Å². The van der Waals surface area contributed by atoms with E-state index < -0.39 is 21.9 Å². The molecule has 3 unspecified atom stereocenters. The zero-order valence-corrected chi connectivity index (χ0v) is 12.4. The Morgan fingerprint density at radius 2 is 2.09 bits per heavy atom. The van der Waals surface area contributed by atoms with Crippen molar-refractivity contribution in [1.82, 2.24) is 0 Å². The average Bonchev–Trinajstić information content (AvgIpc) is 2.14. The van der Waals surface area contributed by atoms with Crippen LogP contribution >= 0.6 is 0 Å². The van der Waals surface area contributed by atoms with Crippen molar-refractivity contribution in [3.63, 3.8) is 0 Å². The summed E-state index contributed by atoms with van der Waals surface area (Å²) in [5.41, 5.74) is 0. The summed E-state index contributed by atoms with van der Waals surface area (Å²) >= 11 is 1.61. The standard InChI is InChI=1S/C5H6F2O2.2Po.2H/c1-3-2-5(6,7)4(8)9-3;;;;/h2-4,8H,1H2;;;;. The molecule has 1 N–H and O–H groups in total. The van der Waals surface area contributed by atoms with E-state index in [4.69, 9.17) is 9.84 Å². The minimum atomic E-state index is -3.02. The molecule has 0 saturated carbocycles. The topological polar surface area (TPSA) is 29.5 Å². The number of ether oxygens (including phenoxy) is 1. The third-order valence-corrected chi connectivity index (χ3v) is 5.59. The molecule has 0 aromatic heterocycles. The minimum absolute atomic E-state index is 0.415. The summed E-state index contributed by atoms with van der Waals surface area (Å²) in [6.07, 6.45) is -2.28. The number of rotatable bonds is 1. The van der Waals surface area contributed by atoms with Crippen molar-refractivity contribution in [2.75, 3.05) is 0 Å². The second-order valence-corrected chi connectivity index (χ2v) is 5.91. The number of aliphatic hydroxyl groups is 1. The van der Waals surface area contributed by atoms with E-state index in [-0.39, 0.29) is 0 Å². The Balaban J connectivity index is 2.71. The molecule has 6 heteroatoms. The monoisotopic (exact) mass is 556 g/mol. The van der Waals surface area contributed by atoms with Gasteiger partial charge in [0.1, 0.15) is 0 Å². The summed E-state index contributed by atoms with van der Waals surface area (Å²) in [5, 5.41) is 8.79. The predicted octanol–water partition coefficient (Wildman–Crippen LogP) is -0.653. The van der Waals surface area contributed by atoms with Crippen LogP contribution in [0.25, 0.3) is 0 Å². The summed E-state index contributed by atoms with van der Waals surface area (Å²) in [5.74, 6) is -3.02. The van der Waals surface area contributed by atoms with Crippen molar-refractivity contribution in [2.45, 2.75) is 26.0 Å². The molecule has 2 nitrogen and oxygen atoms in total. The molecule has 11 heavy (non-hydrogen) atoms. The van der Waals surface area contributed by atoms with Gasteiger partial charge in [0.2, 0.25) is 0 Å². The molecule has 1 heterocycles. The molecular formula is C5H8F2O2Po2. The fourth-order valence-corrected chi connectivity index (χ4v) is 5.96. The fraction of sp³-hybridized carbons (Fsp3) is 1.00. The summed E-state index contributed by atoms with van der Waals surface area (Å²) in [6.45, 7) is 0. The van der Waals surface area contributed by atoms with Gasteiger partial charge in [-0.2, -0.15) is 0 Å². The molecular weight excluding hydrogens is 548 g/mol. The molecule has 66 valence electrons. The SMILES string of the molecule is OC1OC([CH2][PoH])[CH]([PoH])C1(F)F. The van der Waals surface area contributed by atoms with Gasteiger partial charge in [0, 0.05) is 0 Å². The van der Waals surface area contributed by atoms with Crippen molar-refractivity contribution >= 4 is 50.1 Å². The van der Waals surface area contributed by atoms with Gasteiger partial charge in [-0.1, -0.05) is 0 Å². The van der Waals surface area contributed by atoms with Gasteiger partial charge in [-0.3, -0.25) is 0 Å². The Morgan fingerprint density at radius 3 is 2.27 bits per heavy atom. The van der Waals surface area contributed by atoms with E-state index in [0.29, 0.717) is 29.1 Å². The third-order valence-electron chi connectivity index (χ3n) is 1.56. The average molecular weight is 556 g/mol. The molecule has 0 aromatic rings. The van der Waals surface area contributed by atoms with Crippen LogP contribution < -0.4 is 0 Å². The first-order valence-electron chi connectivity index (χ1n) is 3.00. The molecule has 0 aromatic carbocycles. The quantitative estimate of drug-likeness (QED) is 0.466. The van der Waals surface area contributed by atoms with E-state index in [2.05, 4.69) is 0 Å². The Kier molecular flexibility index (Phi) is 3.63. The molecule has 1 rings (SSSR count). The van der Waals surface area contributed by atoms with Gasteiger partial charge < -0.3 is 0 Å². The molecule has 1 saturated heterocycles. The third kappa shape index (κ3) is 1.91. The molecule has 0 aliphatic carbocycles. The summed E-state index contributed by atoms with van der Waals surface area (Å²) in [6, 6.07) is 0. The first-order chi connectivity index (χ1) is 5.00. The van der Waals surface area contributed by atoms with Crippen molar-refractivity contribution in [2.24, 2.45) is 0 Å². The van der Waals surface area contributed by atoms with Crippen LogP contribution in [0.4, 0.5) is 8.78 Å². The van der Waals surface area contributed by atoms with E-state index >= 15 is 0 Å². The van der Waals surface area contributed by atoms with Gasteiger partial charge in [0.25, 0.3) is 0 Å². The van der Waals surface area contributed by atoms with Crippen molar-refractivity contribution in [3.8, 4) is 0 Å². The first-order valence-corrected chi connectivity index (χ1v) is 7.47. The Morgan fingerprint density at radius 1 is 1.55 bits per heavy atom. The van der Waals surface area contributed by atoms with E-state index in [0.717, 1.165) is 25.1 Å². The van der Waals surface area contributed by atoms with Crippen molar-refractivity contribution < 1.29 is 18.6 Å². The van der Waals surface area contributed by atoms with Crippen LogP contribution in [-0.4, -0.2) is 73.6 Å². The van der Waals surface area contributed by atoms with Gasteiger partial charge in [0.05, 0.1) is 0 Å². The molecule has 0 spiro atoms. The Bertz CT molecular complexity index is 155. The maximum absolute atomic E-state index is 12.8. The maximum atomic E-state index is 12.8. The number of aliphatic hydroxyl groups excluding tert-OH is 1. The summed E-state index contributed by atoms with van der Waals surface area (Å²) in [4.78, 5) is 0. The number of hydrogen-bond acceptors (Lipinski definition) is 2. The number of halogens is 2. The summed E-state index contributed by atoms with van der Waals surface area (Å²) < 4.78 is 30.3. The fourth-order valence-electron chi connectivity index (χ4n) is 0.868. The van der Waals surface area contributed by atoms with Gasteiger partial charge in [-0.25, -0.2) is 0 Å². The number of hydrogen-bond donors (Lipinski definition) is 1. The zero-order valence-electron chi connectivity index (χ0n) is 5.44. The Labute approximate surface area is 93.9 Å². The van der Waals surface area contributed by atoms with Crippen LogP contribution in [0, 0.1) is 0 Å². The van der Waals surface area contributed by atoms with E-state index in [1.165, 1.54) is 0 Å². The Hall–Kier alpha value is 1.57. The zero-order chi connectivity index (χ0) is 8.65. The van der Waals surface area contributed by atoms with Crippen molar-refractivity contribution in [3.05, 3.63) is 0 Å². The molecule has 0 bridgehead atoms. The van der Waals surface area contributed by atoms with E-state index in [1.54, 1.807) is 0 Å². The molecule has 0 amide bonds. The molecule has 0 radical (unpaired) electrons. The summed E-state index contributed by atoms with van der Waals surface area (Å²) in [7, 11) is 0. The predicted molar refractivity (Wildman–Crippen MR) is 38.7 cm³/mol. The van der Waals surface area contributed by atoms with Crippen LogP contribution in [0.3, 0.4) is 0 Å². The molecule has 1 aliphatic heterocycles. The van der Waals surface area contributed by atoms with Crippen molar-refractivity contribution in [1.29, 1.82) is 0 Å². The second kappa shape index (κ2) is 3.75. The van der Waals surface area contributed by atoms with Gasteiger partial charge in [0.15, 0.2) is 0 Å². The second-order valence-electron chi connectivity index (χ2n) is 2.33. The van der Waals surface area contributed by atoms with E-state index in [9.17, 15) is 8.78 Å². The van der Waals surface area contributed by atoms with Crippen LogP contribution in [0.2, 0.25) is 7.66 Å². The van der Waals surface area contributed by atoms with Crippen LogP contribution in [0.15, 0.2) is 0 Å². The van der Waals surface area contributed by atoms with Crippen LogP contribution in [0.1, 0.15) is 0 Å². The molecule has 1 aliphatic rings.